The van der Waals surface area contributed by atoms with Gasteiger partial charge in [-0.1, -0.05) is 0 Å². The zero-order valence-corrected chi connectivity index (χ0v) is 9.04. The van der Waals surface area contributed by atoms with Crippen molar-refractivity contribution in [3.8, 4) is 0 Å². The molecule has 1 fully saturated rings. The summed E-state index contributed by atoms with van der Waals surface area (Å²) < 4.78 is 0. The fourth-order valence-electron chi connectivity index (χ4n) is 2.15. The van der Waals surface area contributed by atoms with Gasteiger partial charge in [-0.25, -0.2) is 0 Å². The van der Waals surface area contributed by atoms with Crippen LogP contribution in [0, 0.1) is 5.92 Å². The molecule has 2 heterocycles. The number of nitrogens with zero attached hydrogens (tertiary/aromatic N) is 3. The summed E-state index contributed by atoms with van der Waals surface area (Å²) in [4.78, 5) is 12.8. The molecule has 1 N–H and O–H groups in total. The molecule has 16 heavy (non-hydrogen) atoms. The minimum absolute atomic E-state index is 0.230. The Morgan fingerprint density at radius 1 is 1.62 bits per heavy atom. The average Bonchev–Trinajstić information content (AvgIpc) is 2.30. The Kier molecular flexibility index (Phi) is 3.34. The van der Waals surface area contributed by atoms with E-state index in [1.54, 1.807) is 6.20 Å². The molecule has 1 aliphatic rings. The van der Waals surface area contributed by atoms with Crippen LogP contribution in [0.3, 0.4) is 0 Å². The number of hydrogen-bond acceptors (Lipinski definition) is 4. The summed E-state index contributed by atoms with van der Waals surface area (Å²) in [5, 5.41) is 16.7. The molecule has 1 atom stereocenters. The van der Waals surface area contributed by atoms with Crippen molar-refractivity contribution in [2.45, 2.75) is 19.3 Å². The lowest BCUT2D eigenvalue weighted by molar-refractivity contribution is -0.138. The van der Waals surface area contributed by atoms with E-state index in [0.29, 0.717) is 0 Å². The summed E-state index contributed by atoms with van der Waals surface area (Å²) in [6.07, 6.45) is 3.90. The lowest BCUT2D eigenvalue weighted by Crippen LogP contribution is -2.36. The predicted molar refractivity (Wildman–Crippen MR) is 59.2 cm³/mol. The molecule has 2 rings (SSSR count). The van der Waals surface area contributed by atoms with Gasteiger partial charge in [0, 0.05) is 25.7 Å². The van der Waals surface area contributed by atoms with Gasteiger partial charge in [-0.15, -0.1) is 5.10 Å². The first-order valence-corrected chi connectivity index (χ1v) is 5.50. The first-order valence-electron chi connectivity index (χ1n) is 5.50. The zero-order valence-electron chi connectivity index (χ0n) is 9.04. The van der Waals surface area contributed by atoms with Crippen molar-refractivity contribution < 1.29 is 9.90 Å². The number of piperidine rings is 1. The van der Waals surface area contributed by atoms with Crippen LogP contribution < -0.4 is 4.90 Å². The highest BCUT2D eigenvalue weighted by atomic mass is 16.4. The average molecular weight is 221 g/mol. The van der Waals surface area contributed by atoms with E-state index in [4.69, 9.17) is 5.11 Å². The van der Waals surface area contributed by atoms with Crippen LogP contribution in [0.2, 0.25) is 0 Å². The van der Waals surface area contributed by atoms with Crippen LogP contribution in [-0.2, 0) is 4.79 Å². The summed E-state index contributed by atoms with van der Waals surface area (Å²) in [5.41, 5.74) is 0. The molecule has 0 saturated carbocycles. The van der Waals surface area contributed by atoms with Gasteiger partial charge in [0.05, 0.1) is 0 Å². The molecule has 1 aliphatic heterocycles. The van der Waals surface area contributed by atoms with Crippen LogP contribution in [-0.4, -0.2) is 34.4 Å². The molecule has 1 unspecified atom stereocenters. The number of aliphatic carboxylic acids is 1. The second-order valence-electron chi connectivity index (χ2n) is 4.13. The van der Waals surface area contributed by atoms with Gasteiger partial charge in [0.25, 0.3) is 0 Å². The normalized spacial score (nSPS) is 20.8. The standard InChI is InChI=1S/C11H15N3O2/c15-11(16)7-9-3-2-6-14(8-9)10-4-1-5-12-13-10/h1,4-5,9H,2-3,6-8H2,(H,15,16). The van der Waals surface area contributed by atoms with Crippen molar-refractivity contribution in [3.63, 3.8) is 0 Å². The topological polar surface area (TPSA) is 66.3 Å². The highest BCUT2D eigenvalue weighted by Crippen LogP contribution is 2.22. The minimum Gasteiger partial charge on any atom is -0.481 e. The maximum atomic E-state index is 10.7. The van der Waals surface area contributed by atoms with E-state index in [2.05, 4.69) is 15.1 Å². The summed E-state index contributed by atoms with van der Waals surface area (Å²) in [5.74, 6) is 0.358. The highest BCUT2D eigenvalue weighted by molar-refractivity contribution is 5.67. The number of anilines is 1. The number of carboxylic acids is 1. The molecule has 1 saturated heterocycles. The molecule has 86 valence electrons. The Bertz CT molecular complexity index is 356. The van der Waals surface area contributed by atoms with Crippen LogP contribution in [0.25, 0.3) is 0 Å². The Balaban J connectivity index is 1.99. The maximum Gasteiger partial charge on any atom is 0.303 e. The minimum atomic E-state index is -0.717. The number of carbonyl (C=O) groups is 1. The van der Waals surface area contributed by atoms with Crippen molar-refractivity contribution in [1.82, 2.24) is 10.2 Å². The summed E-state index contributed by atoms with van der Waals surface area (Å²) in [6.45, 7) is 1.71. The Morgan fingerprint density at radius 3 is 3.19 bits per heavy atom. The third-order valence-electron chi connectivity index (χ3n) is 2.86. The third kappa shape index (κ3) is 2.68. The molecule has 0 radical (unpaired) electrons. The van der Waals surface area contributed by atoms with Gasteiger partial charge in [-0.05, 0) is 30.9 Å². The number of aromatic nitrogens is 2. The summed E-state index contributed by atoms with van der Waals surface area (Å²) >= 11 is 0. The Labute approximate surface area is 94.1 Å². The quantitative estimate of drug-likeness (QED) is 0.829. The van der Waals surface area contributed by atoms with Crippen molar-refractivity contribution in [2.24, 2.45) is 5.92 Å². The van der Waals surface area contributed by atoms with Crippen molar-refractivity contribution in [1.29, 1.82) is 0 Å². The smallest absolute Gasteiger partial charge is 0.303 e. The van der Waals surface area contributed by atoms with Crippen LogP contribution in [0.4, 0.5) is 5.82 Å². The van der Waals surface area contributed by atoms with Crippen LogP contribution >= 0.6 is 0 Å². The van der Waals surface area contributed by atoms with Gasteiger partial charge < -0.3 is 10.0 Å². The molecule has 1 aromatic heterocycles. The maximum absolute atomic E-state index is 10.7. The Morgan fingerprint density at radius 2 is 2.50 bits per heavy atom. The summed E-state index contributed by atoms with van der Waals surface area (Å²) in [7, 11) is 0. The van der Waals surface area contributed by atoms with E-state index < -0.39 is 5.97 Å². The van der Waals surface area contributed by atoms with E-state index >= 15 is 0 Å². The molecule has 0 amide bonds. The SMILES string of the molecule is O=C(O)CC1CCCN(c2cccnn2)C1. The van der Waals surface area contributed by atoms with Crippen molar-refractivity contribution in [3.05, 3.63) is 18.3 Å². The molecule has 1 aromatic rings. The van der Waals surface area contributed by atoms with E-state index in [1.165, 1.54) is 0 Å². The number of carboxylic acid groups (broad SMARTS) is 1. The fourth-order valence-corrected chi connectivity index (χ4v) is 2.15. The number of hydrogen-bond donors (Lipinski definition) is 1. The third-order valence-corrected chi connectivity index (χ3v) is 2.86. The first kappa shape index (κ1) is 10.9. The molecule has 5 heteroatoms. The molecular weight excluding hydrogens is 206 g/mol. The van der Waals surface area contributed by atoms with Crippen molar-refractivity contribution in [2.75, 3.05) is 18.0 Å². The van der Waals surface area contributed by atoms with E-state index in [0.717, 1.165) is 31.7 Å². The molecule has 0 aromatic carbocycles. The lowest BCUT2D eigenvalue weighted by Gasteiger charge is -2.32. The summed E-state index contributed by atoms with van der Waals surface area (Å²) in [6, 6.07) is 3.76. The molecular formula is C11H15N3O2. The van der Waals surface area contributed by atoms with Crippen LogP contribution in [0.15, 0.2) is 18.3 Å². The van der Waals surface area contributed by atoms with Gasteiger partial charge >= 0.3 is 5.97 Å². The van der Waals surface area contributed by atoms with E-state index in [9.17, 15) is 4.79 Å². The molecule has 0 bridgehead atoms. The van der Waals surface area contributed by atoms with Gasteiger partial charge in [0.1, 0.15) is 0 Å². The lowest BCUT2D eigenvalue weighted by atomic mass is 9.95. The van der Waals surface area contributed by atoms with Gasteiger partial charge in [0.2, 0.25) is 0 Å². The second kappa shape index (κ2) is 4.92. The molecule has 5 nitrogen and oxygen atoms in total. The fraction of sp³-hybridized carbons (Fsp3) is 0.545. The van der Waals surface area contributed by atoms with Gasteiger partial charge in [-0.3, -0.25) is 4.79 Å². The largest absolute Gasteiger partial charge is 0.481 e. The monoisotopic (exact) mass is 221 g/mol. The molecule has 0 aliphatic carbocycles. The highest BCUT2D eigenvalue weighted by Gasteiger charge is 2.22. The Hall–Kier alpha value is -1.65. The predicted octanol–water partition coefficient (Wildman–Crippen LogP) is 1.17. The van der Waals surface area contributed by atoms with E-state index in [-0.39, 0.29) is 12.3 Å². The number of rotatable bonds is 3. The molecule has 0 spiro atoms. The van der Waals surface area contributed by atoms with Gasteiger partial charge in [-0.2, -0.15) is 5.10 Å². The first-order chi connectivity index (χ1) is 7.75. The second-order valence-corrected chi connectivity index (χ2v) is 4.13. The van der Waals surface area contributed by atoms with Crippen LogP contribution in [0.5, 0.6) is 0 Å². The zero-order chi connectivity index (χ0) is 11.4. The van der Waals surface area contributed by atoms with Crippen LogP contribution in [0.1, 0.15) is 19.3 Å². The van der Waals surface area contributed by atoms with Crippen molar-refractivity contribution >= 4 is 11.8 Å². The van der Waals surface area contributed by atoms with E-state index in [1.807, 2.05) is 12.1 Å². The van der Waals surface area contributed by atoms with Gasteiger partial charge in [0.15, 0.2) is 5.82 Å².